The summed E-state index contributed by atoms with van der Waals surface area (Å²) < 4.78 is 5.02. The molecule has 70 valence electrons. The molecule has 0 radical (unpaired) electrons. The molecule has 0 spiro atoms. The fourth-order valence-corrected chi connectivity index (χ4v) is 3.29. The van der Waals surface area contributed by atoms with Crippen LogP contribution in [0.15, 0.2) is 12.2 Å². The van der Waals surface area contributed by atoms with Gasteiger partial charge in [-0.2, -0.15) is 0 Å². The molecule has 2 aliphatic carbocycles. The Labute approximate surface area is 80.3 Å². The van der Waals surface area contributed by atoms with Gasteiger partial charge in [-0.25, -0.2) is 0 Å². The van der Waals surface area contributed by atoms with Gasteiger partial charge < -0.3 is 9.84 Å². The van der Waals surface area contributed by atoms with E-state index in [9.17, 15) is 4.79 Å². The molecule has 13 heavy (non-hydrogen) atoms. The first-order valence-corrected chi connectivity index (χ1v) is 4.76. The number of alkyl halides is 1. The summed E-state index contributed by atoms with van der Waals surface area (Å²) >= 11 is 6.19. The Kier molecular flexibility index (Phi) is 1.26. The van der Waals surface area contributed by atoms with E-state index in [0.29, 0.717) is 5.92 Å². The smallest absolute Gasteiger partial charge is 0.328 e. The van der Waals surface area contributed by atoms with Gasteiger partial charge in [0.1, 0.15) is 6.10 Å². The van der Waals surface area contributed by atoms with Crippen molar-refractivity contribution in [2.24, 2.45) is 17.8 Å². The van der Waals surface area contributed by atoms with Gasteiger partial charge in [-0.05, 0) is 5.92 Å². The molecule has 1 saturated heterocycles. The van der Waals surface area contributed by atoms with Gasteiger partial charge >= 0.3 is 5.97 Å². The highest BCUT2D eigenvalue weighted by Gasteiger charge is 2.73. The SMILES string of the molecule is O=C1O[C@H](CO)[C@H]2[C@H]3C=C[C@H]3[C@@]12Cl. The number of hydrogen-bond acceptors (Lipinski definition) is 3. The first-order valence-electron chi connectivity index (χ1n) is 4.38. The number of cyclic esters (lactones) is 1. The van der Waals surface area contributed by atoms with Gasteiger partial charge in [0.05, 0.1) is 6.61 Å². The molecule has 1 N–H and O–H groups in total. The molecule has 5 atom stereocenters. The number of allylic oxidation sites excluding steroid dienone is 2. The van der Waals surface area contributed by atoms with Crippen molar-refractivity contribution < 1.29 is 14.6 Å². The molecule has 0 aromatic heterocycles. The summed E-state index contributed by atoms with van der Waals surface area (Å²) in [4.78, 5) is 10.6. The molecule has 1 heterocycles. The Morgan fingerprint density at radius 3 is 2.92 bits per heavy atom. The summed E-state index contributed by atoms with van der Waals surface area (Å²) in [5.41, 5.74) is 0. The zero-order valence-corrected chi connectivity index (χ0v) is 7.57. The minimum Gasteiger partial charge on any atom is -0.458 e. The number of fused-ring (bicyclic) bond motifs is 4. The molecule has 3 rings (SSSR count). The Balaban J connectivity index is 1.99. The van der Waals surface area contributed by atoms with Crippen LogP contribution in [-0.2, 0) is 9.53 Å². The van der Waals surface area contributed by atoms with Gasteiger partial charge in [0, 0.05) is 11.8 Å². The maximum atomic E-state index is 11.4. The van der Waals surface area contributed by atoms with E-state index >= 15 is 0 Å². The molecule has 3 nitrogen and oxygen atoms in total. The van der Waals surface area contributed by atoms with Crippen LogP contribution >= 0.6 is 11.6 Å². The predicted molar refractivity (Wildman–Crippen MR) is 45.2 cm³/mol. The number of ether oxygens (including phenoxy) is 1. The number of rotatable bonds is 1. The summed E-state index contributed by atoms with van der Waals surface area (Å²) in [5, 5.41) is 8.99. The van der Waals surface area contributed by atoms with Crippen molar-refractivity contribution >= 4 is 17.6 Å². The zero-order chi connectivity index (χ0) is 9.22. The molecule has 0 aromatic carbocycles. The predicted octanol–water partition coefficient (Wildman–Crippen LogP) is 0.314. The van der Waals surface area contributed by atoms with Crippen molar-refractivity contribution in [2.75, 3.05) is 6.61 Å². The molecule has 0 bridgehead atoms. The van der Waals surface area contributed by atoms with Crippen LogP contribution in [0.25, 0.3) is 0 Å². The summed E-state index contributed by atoms with van der Waals surface area (Å²) in [7, 11) is 0. The lowest BCUT2D eigenvalue weighted by atomic mass is 9.50. The van der Waals surface area contributed by atoms with E-state index in [0.717, 1.165) is 0 Å². The number of aliphatic hydroxyl groups excluding tert-OH is 1. The fourth-order valence-electron chi connectivity index (χ4n) is 2.74. The van der Waals surface area contributed by atoms with Crippen LogP contribution < -0.4 is 0 Å². The number of hydrogen-bond donors (Lipinski definition) is 1. The van der Waals surface area contributed by atoms with E-state index < -0.39 is 11.0 Å². The Morgan fingerprint density at radius 2 is 2.38 bits per heavy atom. The highest BCUT2D eigenvalue weighted by atomic mass is 35.5. The number of aliphatic hydroxyl groups is 1. The number of esters is 1. The van der Waals surface area contributed by atoms with Crippen LogP contribution in [0.1, 0.15) is 0 Å². The minimum absolute atomic E-state index is 0.0123. The lowest BCUT2D eigenvalue weighted by molar-refractivity contribution is -0.145. The second-order valence-corrected chi connectivity index (χ2v) is 4.53. The molecule has 3 aliphatic rings. The van der Waals surface area contributed by atoms with E-state index in [-0.39, 0.29) is 24.4 Å². The molecule has 1 saturated carbocycles. The van der Waals surface area contributed by atoms with E-state index in [1.54, 1.807) is 0 Å². The Bertz CT molecular complexity index is 314. The van der Waals surface area contributed by atoms with Crippen molar-refractivity contribution in [3.05, 3.63) is 12.2 Å². The van der Waals surface area contributed by atoms with Crippen molar-refractivity contribution in [3.63, 3.8) is 0 Å². The van der Waals surface area contributed by atoms with Crippen LogP contribution in [0.4, 0.5) is 0 Å². The number of halogens is 1. The third kappa shape index (κ3) is 0.626. The molecular formula is C9H9ClO3. The first kappa shape index (κ1) is 7.83. The normalized spacial score (nSPS) is 56.0. The van der Waals surface area contributed by atoms with E-state index in [1.807, 2.05) is 12.2 Å². The third-order valence-electron chi connectivity index (χ3n) is 3.49. The van der Waals surface area contributed by atoms with E-state index in [4.69, 9.17) is 21.4 Å². The zero-order valence-electron chi connectivity index (χ0n) is 6.81. The molecule has 0 unspecified atom stereocenters. The van der Waals surface area contributed by atoms with Gasteiger partial charge in [-0.1, -0.05) is 12.2 Å². The van der Waals surface area contributed by atoms with Crippen LogP contribution in [0, 0.1) is 17.8 Å². The van der Waals surface area contributed by atoms with Gasteiger partial charge in [0.25, 0.3) is 0 Å². The summed E-state index contributed by atoms with van der Waals surface area (Å²) in [6, 6.07) is 0. The van der Waals surface area contributed by atoms with Gasteiger partial charge in [-0.15, -0.1) is 11.6 Å². The standard InChI is InChI=1S/C9H9ClO3/c10-9-5-2-1-4(5)7(9)6(3-11)13-8(9)12/h1-2,4-7,11H,3H2/t4-,5+,6+,7+,9-/m0/s1. The molecule has 2 fully saturated rings. The molecule has 1 aliphatic heterocycles. The highest BCUT2D eigenvalue weighted by molar-refractivity contribution is 6.36. The second-order valence-electron chi connectivity index (χ2n) is 3.91. The van der Waals surface area contributed by atoms with Crippen molar-refractivity contribution in [3.8, 4) is 0 Å². The number of carbonyl (C=O) groups is 1. The fraction of sp³-hybridized carbons (Fsp3) is 0.667. The Morgan fingerprint density at radius 1 is 1.62 bits per heavy atom. The van der Waals surface area contributed by atoms with Crippen LogP contribution in [-0.4, -0.2) is 28.7 Å². The third-order valence-corrected chi connectivity index (χ3v) is 4.15. The monoisotopic (exact) mass is 200 g/mol. The lowest BCUT2D eigenvalue weighted by Crippen LogP contribution is -2.63. The number of carbonyl (C=O) groups excluding carboxylic acids is 1. The summed E-state index contributed by atoms with van der Waals surface area (Å²) in [6.45, 7) is -0.123. The van der Waals surface area contributed by atoms with Crippen LogP contribution in [0.3, 0.4) is 0 Å². The molecule has 0 amide bonds. The average Bonchev–Trinajstić information content (AvgIpc) is 2.26. The first-order chi connectivity index (χ1) is 6.19. The molecule has 0 aromatic rings. The summed E-state index contributed by atoms with van der Waals surface area (Å²) in [6.07, 6.45) is 3.60. The maximum Gasteiger partial charge on any atom is 0.328 e. The maximum absolute atomic E-state index is 11.4. The summed E-state index contributed by atoms with van der Waals surface area (Å²) in [5.74, 6) is 0.120. The Hall–Kier alpha value is -0.540. The van der Waals surface area contributed by atoms with Crippen molar-refractivity contribution in [1.29, 1.82) is 0 Å². The quantitative estimate of drug-likeness (QED) is 0.377. The van der Waals surface area contributed by atoms with Gasteiger partial charge in [-0.3, -0.25) is 4.79 Å². The topological polar surface area (TPSA) is 46.5 Å². The lowest BCUT2D eigenvalue weighted by Gasteiger charge is -2.55. The average molecular weight is 201 g/mol. The van der Waals surface area contributed by atoms with Crippen molar-refractivity contribution in [2.45, 2.75) is 11.0 Å². The minimum atomic E-state index is -0.854. The molecule has 4 heteroatoms. The largest absolute Gasteiger partial charge is 0.458 e. The second kappa shape index (κ2) is 2.10. The highest BCUT2D eigenvalue weighted by Crippen LogP contribution is 2.64. The van der Waals surface area contributed by atoms with Gasteiger partial charge in [0.2, 0.25) is 0 Å². The van der Waals surface area contributed by atoms with E-state index in [1.165, 1.54) is 0 Å². The van der Waals surface area contributed by atoms with Crippen LogP contribution in [0.2, 0.25) is 0 Å². The molecular weight excluding hydrogens is 192 g/mol. The van der Waals surface area contributed by atoms with E-state index in [2.05, 4.69) is 0 Å². The van der Waals surface area contributed by atoms with Crippen LogP contribution in [0.5, 0.6) is 0 Å². The van der Waals surface area contributed by atoms with Crippen molar-refractivity contribution in [1.82, 2.24) is 0 Å². The van der Waals surface area contributed by atoms with Gasteiger partial charge in [0.15, 0.2) is 4.87 Å².